The minimum Gasteiger partial charge on any atom is -0.508 e. The van der Waals surface area contributed by atoms with Gasteiger partial charge in [0.2, 0.25) is 0 Å². The van der Waals surface area contributed by atoms with Crippen LogP contribution in [0.15, 0.2) is 18.2 Å². The molecule has 3 nitrogen and oxygen atoms in total. The molecule has 3 aliphatic carbocycles. The average Bonchev–Trinajstić information content (AvgIpc) is 2.80. The van der Waals surface area contributed by atoms with Crippen LogP contribution >= 0.6 is 0 Å². The fourth-order valence-corrected chi connectivity index (χ4v) is 5.83. The number of terminal acetylenes is 1. The molecule has 1 aromatic carbocycles. The van der Waals surface area contributed by atoms with Crippen molar-refractivity contribution in [2.24, 2.45) is 17.3 Å². The molecule has 0 radical (unpaired) electrons. The van der Waals surface area contributed by atoms with Crippen molar-refractivity contribution >= 4 is 0 Å². The van der Waals surface area contributed by atoms with E-state index in [0.29, 0.717) is 30.6 Å². The topological polar surface area (TPSA) is 60.7 Å². The number of hydrogen-bond acceptors (Lipinski definition) is 3. The number of aromatic hydroxyl groups is 1. The van der Waals surface area contributed by atoms with Crippen molar-refractivity contribution in [1.29, 1.82) is 0 Å². The molecule has 2 saturated carbocycles. The standard InChI is InChI=1S/C20H24O3/c1-3-20(23)9-7-17-15-11-18(22)16-10-12(21)4-5-13(16)14(15)6-8-19(17,20)2/h1,4-5,10,14-15,17-18,21-23H,6-9,11H2,2H3/t14-,15-,17+,18-,19+,20+/m1/s1. The summed E-state index contributed by atoms with van der Waals surface area (Å²) in [5.74, 6) is 3.98. The monoisotopic (exact) mass is 312 g/mol. The van der Waals surface area contributed by atoms with Crippen LogP contribution in [-0.4, -0.2) is 20.9 Å². The van der Waals surface area contributed by atoms with Gasteiger partial charge in [-0.2, -0.15) is 0 Å². The van der Waals surface area contributed by atoms with Crippen LogP contribution in [0.2, 0.25) is 0 Å². The molecule has 0 aliphatic heterocycles. The molecular formula is C20H24O3. The van der Waals surface area contributed by atoms with E-state index in [-0.39, 0.29) is 11.2 Å². The number of rotatable bonds is 0. The van der Waals surface area contributed by atoms with Gasteiger partial charge in [0, 0.05) is 5.41 Å². The van der Waals surface area contributed by atoms with Gasteiger partial charge in [0.15, 0.2) is 0 Å². The average molecular weight is 312 g/mol. The second-order valence-corrected chi connectivity index (χ2v) is 7.94. The van der Waals surface area contributed by atoms with E-state index in [1.807, 2.05) is 6.07 Å². The van der Waals surface area contributed by atoms with Gasteiger partial charge >= 0.3 is 0 Å². The summed E-state index contributed by atoms with van der Waals surface area (Å²) in [7, 11) is 0. The Balaban J connectivity index is 1.76. The molecule has 3 heteroatoms. The molecule has 1 aromatic rings. The molecule has 0 aromatic heterocycles. The van der Waals surface area contributed by atoms with Crippen LogP contribution in [0, 0.1) is 29.6 Å². The lowest BCUT2D eigenvalue weighted by atomic mass is 9.53. The molecule has 0 saturated heterocycles. The van der Waals surface area contributed by atoms with Gasteiger partial charge in [-0.15, -0.1) is 6.42 Å². The van der Waals surface area contributed by atoms with Crippen LogP contribution in [0.25, 0.3) is 0 Å². The number of hydrogen-bond donors (Lipinski definition) is 3. The van der Waals surface area contributed by atoms with Gasteiger partial charge < -0.3 is 15.3 Å². The summed E-state index contributed by atoms with van der Waals surface area (Å²) in [6, 6.07) is 5.39. The normalized spacial score (nSPS) is 44.8. The molecule has 4 rings (SSSR count). The first kappa shape index (κ1) is 15.1. The number of fused-ring (bicyclic) bond motifs is 5. The van der Waals surface area contributed by atoms with Gasteiger partial charge in [-0.05, 0) is 73.1 Å². The molecule has 3 aliphatic rings. The lowest BCUT2D eigenvalue weighted by molar-refractivity contribution is -0.0729. The van der Waals surface area contributed by atoms with Gasteiger partial charge in [-0.1, -0.05) is 18.9 Å². The lowest BCUT2D eigenvalue weighted by Crippen LogP contribution is -2.50. The maximum atomic E-state index is 10.9. The molecular weight excluding hydrogens is 288 g/mol. The van der Waals surface area contributed by atoms with Crippen molar-refractivity contribution < 1.29 is 15.3 Å². The first-order chi connectivity index (χ1) is 10.9. The maximum Gasteiger partial charge on any atom is 0.130 e. The fraction of sp³-hybridized carbons (Fsp3) is 0.600. The lowest BCUT2D eigenvalue weighted by Gasteiger charge is -2.52. The second-order valence-electron chi connectivity index (χ2n) is 7.94. The minimum atomic E-state index is -1.01. The molecule has 0 heterocycles. The molecule has 0 spiro atoms. The van der Waals surface area contributed by atoms with Crippen molar-refractivity contribution in [2.75, 3.05) is 0 Å². The molecule has 0 unspecified atom stereocenters. The summed E-state index contributed by atoms with van der Waals surface area (Å²) in [6.07, 6.45) is 9.31. The summed E-state index contributed by atoms with van der Waals surface area (Å²) in [5.41, 5.74) is 0.782. The zero-order chi connectivity index (χ0) is 16.4. The number of phenolic OH excluding ortho intramolecular Hbond substituents is 1. The zero-order valence-electron chi connectivity index (χ0n) is 13.5. The third-order valence-corrected chi connectivity index (χ3v) is 7.15. The van der Waals surface area contributed by atoms with Gasteiger partial charge in [-0.3, -0.25) is 0 Å². The molecule has 3 N–H and O–H groups in total. The van der Waals surface area contributed by atoms with Crippen LogP contribution in [0.5, 0.6) is 5.75 Å². The highest BCUT2D eigenvalue weighted by Gasteiger charge is 2.61. The Morgan fingerprint density at radius 2 is 2.00 bits per heavy atom. The van der Waals surface area contributed by atoms with E-state index in [9.17, 15) is 15.3 Å². The largest absolute Gasteiger partial charge is 0.508 e. The Bertz CT molecular complexity index is 691. The van der Waals surface area contributed by atoms with Crippen LogP contribution in [0.3, 0.4) is 0 Å². The smallest absolute Gasteiger partial charge is 0.130 e. The molecule has 23 heavy (non-hydrogen) atoms. The van der Waals surface area contributed by atoms with Gasteiger partial charge in [-0.25, -0.2) is 0 Å². The third-order valence-electron chi connectivity index (χ3n) is 7.15. The number of phenols is 1. The van der Waals surface area contributed by atoms with E-state index >= 15 is 0 Å². The van der Waals surface area contributed by atoms with Gasteiger partial charge in [0.05, 0.1) is 6.10 Å². The fourth-order valence-electron chi connectivity index (χ4n) is 5.83. The predicted octanol–water partition coefficient (Wildman–Crippen LogP) is 3.10. The Morgan fingerprint density at radius 1 is 1.22 bits per heavy atom. The Hall–Kier alpha value is -1.50. The maximum absolute atomic E-state index is 10.9. The van der Waals surface area contributed by atoms with Crippen molar-refractivity contribution in [1.82, 2.24) is 0 Å². The molecule has 6 atom stereocenters. The van der Waals surface area contributed by atoms with E-state index < -0.39 is 11.7 Å². The molecule has 0 amide bonds. The zero-order valence-corrected chi connectivity index (χ0v) is 13.5. The summed E-state index contributed by atoms with van der Waals surface area (Å²) in [4.78, 5) is 0. The SMILES string of the molecule is C#C[C@]1(O)CC[C@H]2[C@@H]3C[C@@H](O)c4cc(O)ccc4[C@H]3CC[C@@]21C. The first-order valence-corrected chi connectivity index (χ1v) is 8.60. The Labute approximate surface area is 137 Å². The van der Waals surface area contributed by atoms with Crippen LogP contribution in [0.1, 0.15) is 62.2 Å². The Morgan fingerprint density at radius 3 is 2.74 bits per heavy atom. The summed E-state index contributed by atoms with van der Waals surface area (Å²) >= 11 is 0. The van der Waals surface area contributed by atoms with Crippen LogP contribution < -0.4 is 0 Å². The Kier molecular flexibility index (Phi) is 3.11. The highest BCUT2D eigenvalue weighted by Crippen LogP contribution is 2.65. The van der Waals surface area contributed by atoms with Gasteiger partial charge in [0.1, 0.15) is 11.4 Å². The number of benzene rings is 1. The van der Waals surface area contributed by atoms with E-state index in [1.165, 1.54) is 5.56 Å². The van der Waals surface area contributed by atoms with Crippen molar-refractivity contribution in [3.63, 3.8) is 0 Å². The van der Waals surface area contributed by atoms with Crippen LogP contribution in [0.4, 0.5) is 0 Å². The second kappa shape index (κ2) is 4.75. The van der Waals surface area contributed by atoms with E-state index in [0.717, 1.165) is 24.8 Å². The van der Waals surface area contributed by atoms with E-state index in [2.05, 4.69) is 12.8 Å². The third kappa shape index (κ3) is 1.86. The highest BCUT2D eigenvalue weighted by atomic mass is 16.3. The highest BCUT2D eigenvalue weighted by molar-refractivity contribution is 5.42. The number of aliphatic hydroxyl groups is 2. The summed E-state index contributed by atoms with van der Waals surface area (Å²) in [5, 5.41) is 31.2. The number of aliphatic hydroxyl groups excluding tert-OH is 1. The predicted molar refractivity (Wildman–Crippen MR) is 87.8 cm³/mol. The van der Waals surface area contributed by atoms with E-state index in [1.54, 1.807) is 12.1 Å². The minimum absolute atomic E-state index is 0.212. The van der Waals surface area contributed by atoms with Crippen molar-refractivity contribution in [3.05, 3.63) is 29.3 Å². The van der Waals surface area contributed by atoms with E-state index in [4.69, 9.17) is 6.42 Å². The quantitative estimate of drug-likeness (QED) is 0.645. The van der Waals surface area contributed by atoms with Crippen molar-refractivity contribution in [3.8, 4) is 18.1 Å². The summed E-state index contributed by atoms with van der Waals surface area (Å²) < 4.78 is 0. The first-order valence-electron chi connectivity index (χ1n) is 8.60. The molecule has 122 valence electrons. The van der Waals surface area contributed by atoms with Crippen molar-refractivity contribution in [2.45, 2.75) is 56.7 Å². The summed E-state index contributed by atoms with van der Waals surface area (Å²) in [6.45, 7) is 2.14. The molecule has 0 bridgehead atoms. The molecule has 2 fully saturated rings. The van der Waals surface area contributed by atoms with Crippen LogP contribution in [-0.2, 0) is 0 Å². The van der Waals surface area contributed by atoms with Gasteiger partial charge in [0.25, 0.3) is 0 Å².